The van der Waals surface area contributed by atoms with E-state index in [0.717, 1.165) is 27.7 Å². The van der Waals surface area contributed by atoms with Gasteiger partial charge in [0.1, 0.15) is 12.1 Å². The molecule has 0 saturated carbocycles. The predicted octanol–water partition coefficient (Wildman–Crippen LogP) is 4.08. The Kier molecular flexibility index (Phi) is 5.89. The minimum absolute atomic E-state index is 0.0493. The van der Waals surface area contributed by atoms with Gasteiger partial charge in [-0.25, -0.2) is 15.0 Å². The van der Waals surface area contributed by atoms with Gasteiger partial charge in [0.05, 0.1) is 17.8 Å². The second-order valence-corrected chi connectivity index (χ2v) is 7.78. The van der Waals surface area contributed by atoms with Crippen LogP contribution in [0, 0.1) is 12.8 Å². The van der Waals surface area contributed by atoms with Crippen LogP contribution in [0.15, 0.2) is 67.1 Å². The van der Waals surface area contributed by atoms with Gasteiger partial charge in [0.25, 0.3) is 0 Å². The van der Waals surface area contributed by atoms with Crippen LogP contribution in [0.5, 0.6) is 0 Å². The molecule has 0 aliphatic heterocycles. The predicted molar refractivity (Wildman–Crippen MR) is 123 cm³/mol. The van der Waals surface area contributed by atoms with Crippen LogP contribution in [-0.2, 0) is 17.8 Å². The average molecular weight is 412 g/mol. The number of amides is 1. The molecule has 2 aromatic carbocycles. The molecule has 31 heavy (non-hydrogen) atoms. The van der Waals surface area contributed by atoms with E-state index in [2.05, 4.69) is 51.5 Å². The zero-order chi connectivity index (χ0) is 21.8. The summed E-state index contributed by atoms with van der Waals surface area (Å²) in [4.78, 5) is 25.1. The summed E-state index contributed by atoms with van der Waals surface area (Å²) in [5.74, 6) is 0.168. The fourth-order valence-corrected chi connectivity index (χ4v) is 3.66. The Labute approximate surface area is 181 Å². The zero-order valence-electron chi connectivity index (χ0n) is 17.7. The summed E-state index contributed by atoms with van der Waals surface area (Å²) < 4.78 is 0. The molecule has 0 unspecified atom stereocenters. The number of hydrogen-bond donors (Lipinski definition) is 2. The first kappa shape index (κ1) is 20.5. The maximum Gasteiger partial charge on any atom is 0.223 e. The molecular weight excluding hydrogens is 386 g/mol. The topological polar surface area (TPSA) is 93.8 Å². The van der Waals surface area contributed by atoms with Crippen molar-refractivity contribution in [2.75, 3.05) is 5.73 Å². The van der Waals surface area contributed by atoms with E-state index in [0.29, 0.717) is 18.8 Å². The first-order valence-electron chi connectivity index (χ1n) is 10.3. The lowest BCUT2D eigenvalue weighted by molar-refractivity contribution is -0.124. The van der Waals surface area contributed by atoms with Crippen molar-refractivity contribution in [1.82, 2.24) is 20.3 Å². The lowest BCUT2D eigenvalue weighted by Gasteiger charge is -2.14. The molecule has 6 heteroatoms. The van der Waals surface area contributed by atoms with Gasteiger partial charge in [-0.05, 0) is 59.9 Å². The maximum atomic E-state index is 12.6. The number of aryl methyl sites for hydroxylation is 1. The van der Waals surface area contributed by atoms with Crippen LogP contribution in [0.3, 0.4) is 0 Å². The third-order valence-electron chi connectivity index (χ3n) is 5.44. The molecule has 0 radical (unpaired) electrons. The summed E-state index contributed by atoms with van der Waals surface area (Å²) in [6.07, 6.45) is 3.64. The molecule has 0 saturated heterocycles. The molecule has 3 N–H and O–H groups in total. The summed E-state index contributed by atoms with van der Waals surface area (Å²) in [6.45, 7) is 4.37. The number of carbonyl (C=O) groups is 1. The van der Waals surface area contributed by atoms with Crippen molar-refractivity contribution in [2.24, 2.45) is 5.92 Å². The summed E-state index contributed by atoms with van der Waals surface area (Å²) in [5.41, 5.74) is 12.3. The molecule has 156 valence electrons. The molecule has 0 fully saturated rings. The number of benzene rings is 2. The number of anilines is 1. The van der Waals surface area contributed by atoms with Crippen LogP contribution in [0.4, 0.5) is 5.82 Å². The Morgan fingerprint density at radius 2 is 1.97 bits per heavy atom. The molecule has 2 aromatic heterocycles. The van der Waals surface area contributed by atoms with E-state index in [1.807, 2.05) is 31.2 Å². The van der Waals surface area contributed by atoms with Crippen LogP contribution >= 0.6 is 0 Å². The summed E-state index contributed by atoms with van der Waals surface area (Å²) in [5, 5.41) is 3.93. The number of nitrogens with one attached hydrogen (secondary N) is 1. The molecule has 1 atom stereocenters. The van der Waals surface area contributed by atoms with E-state index in [-0.39, 0.29) is 11.8 Å². The number of fused-ring (bicyclic) bond motifs is 1. The van der Waals surface area contributed by atoms with Crippen molar-refractivity contribution in [3.05, 3.63) is 83.9 Å². The number of hydrogen-bond acceptors (Lipinski definition) is 5. The standard InChI is InChI=1S/C25H25N5O/c1-16-5-3-4-6-22(16)18-7-8-23-19(12-18)13-20(24(26)30-23)11-17(2)25(31)28-14-21-9-10-27-15-29-21/h3-10,12-13,15,17H,11,14H2,1-2H3,(H2,26,30)(H,28,31)/t17-/m1/s1. The van der Waals surface area contributed by atoms with Gasteiger partial charge in [-0.2, -0.15) is 0 Å². The maximum absolute atomic E-state index is 12.6. The Morgan fingerprint density at radius 1 is 1.13 bits per heavy atom. The Hall–Kier alpha value is -3.80. The van der Waals surface area contributed by atoms with Gasteiger partial charge in [-0.3, -0.25) is 4.79 Å². The van der Waals surface area contributed by atoms with Crippen molar-refractivity contribution in [3.8, 4) is 11.1 Å². The SMILES string of the molecule is Cc1ccccc1-c1ccc2nc(N)c(C[C@@H](C)C(=O)NCc3ccncn3)cc2c1. The van der Waals surface area contributed by atoms with Crippen LogP contribution in [0.25, 0.3) is 22.0 Å². The summed E-state index contributed by atoms with van der Waals surface area (Å²) >= 11 is 0. The van der Waals surface area contributed by atoms with Gasteiger partial charge in [0.15, 0.2) is 0 Å². The average Bonchev–Trinajstić information content (AvgIpc) is 2.78. The van der Waals surface area contributed by atoms with Crippen LogP contribution in [0.2, 0.25) is 0 Å². The van der Waals surface area contributed by atoms with Gasteiger partial charge < -0.3 is 11.1 Å². The second kappa shape index (κ2) is 8.92. The van der Waals surface area contributed by atoms with Crippen molar-refractivity contribution < 1.29 is 4.79 Å². The van der Waals surface area contributed by atoms with Gasteiger partial charge in [-0.1, -0.05) is 37.3 Å². The van der Waals surface area contributed by atoms with Crippen LogP contribution in [-0.4, -0.2) is 20.9 Å². The Balaban J connectivity index is 1.53. The monoisotopic (exact) mass is 411 g/mol. The minimum Gasteiger partial charge on any atom is -0.383 e. The quantitative estimate of drug-likeness (QED) is 0.499. The highest BCUT2D eigenvalue weighted by Gasteiger charge is 2.16. The van der Waals surface area contributed by atoms with Gasteiger partial charge in [-0.15, -0.1) is 0 Å². The smallest absolute Gasteiger partial charge is 0.223 e. The van der Waals surface area contributed by atoms with E-state index >= 15 is 0 Å². The minimum atomic E-state index is -0.247. The summed E-state index contributed by atoms with van der Waals surface area (Å²) in [6, 6.07) is 18.3. The molecular formula is C25H25N5O. The third-order valence-corrected chi connectivity index (χ3v) is 5.44. The number of carbonyl (C=O) groups excluding carboxylic acids is 1. The molecule has 4 rings (SSSR count). The largest absolute Gasteiger partial charge is 0.383 e. The molecule has 0 bridgehead atoms. The number of nitrogens with two attached hydrogens (primary N) is 1. The molecule has 0 spiro atoms. The molecule has 0 aliphatic carbocycles. The van der Waals surface area contributed by atoms with Gasteiger partial charge in [0, 0.05) is 17.5 Å². The van der Waals surface area contributed by atoms with Crippen LogP contribution in [0.1, 0.15) is 23.7 Å². The lowest BCUT2D eigenvalue weighted by Crippen LogP contribution is -2.30. The molecule has 2 heterocycles. The fraction of sp³-hybridized carbons (Fsp3) is 0.200. The molecule has 0 aliphatic rings. The van der Waals surface area contributed by atoms with Crippen molar-refractivity contribution in [2.45, 2.75) is 26.8 Å². The second-order valence-electron chi connectivity index (χ2n) is 7.78. The molecule has 6 nitrogen and oxygen atoms in total. The summed E-state index contributed by atoms with van der Waals surface area (Å²) in [7, 11) is 0. The fourth-order valence-electron chi connectivity index (χ4n) is 3.66. The van der Waals surface area contributed by atoms with E-state index < -0.39 is 0 Å². The van der Waals surface area contributed by atoms with E-state index in [1.165, 1.54) is 17.5 Å². The molecule has 4 aromatic rings. The highest BCUT2D eigenvalue weighted by molar-refractivity contribution is 5.87. The number of nitrogens with zero attached hydrogens (tertiary/aromatic N) is 3. The zero-order valence-corrected chi connectivity index (χ0v) is 17.7. The van der Waals surface area contributed by atoms with Gasteiger partial charge >= 0.3 is 0 Å². The van der Waals surface area contributed by atoms with E-state index in [9.17, 15) is 4.79 Å². The third kappa shape index (κ3) is 4.69. The van der Waals surface area contributed by atoms with E-state index in [4.69, 9.17) is 5.73 Å². The first-order valence-corrected chi connectivity index (χ1v) is 10.3. The number of pyridine rings is 1. The van der Waals surface area contributed by atoms with Gasteiger partial charge in [0.2, 0.25) is 5.91 Å². The van der Waals surface area contributed by atoms with Crippen molar-refractivity contribution in [1.29, 1.82) is 0 Å². The number of aromatic nitrogens is 3. The normalized spacial score (nSPS) is 11.9. The van der Waals surface area contributed by atoms with Crippen molar-refractivity contribution >= 4 is 22.6 Å². The Bertz CT molecular complexity index is 1220. The lowest BCUT2D eigenvalue weighted by atomic mass is 9.96. The van der Waals surface area contributed by atoms with Crippen LogP contribution < -0.4 is 11.1 Å². The Morgan fingerprint density at radius 3 is 2.74 bits per heavy atom. The number of nitrogen functional groups attached to an aromatic ring is 1. The number of rotatable bonds is 6. The first-order chi connectivity index (χ1) is 15.0. The van der Waals surface area contributed by atoms with Crippen molar-refractivity contribution in [3.63, 3.8) is 0 Å². The molecule has 1 amide bonds. The highest BCUT2D eigenvalue weighted by atomic mass is 16.1. The highest BCUT2D eigenvalue weighted by Crippen LogP contribution is 2.28. The van der Waals surface area contributed by atoms with E-state index in [1.54, 1.807) is 12.3 Å².